The molecule has 1 saturated heterocycles. The van der Waals surface area contributed by atoms with Crippen molar-refractivity contribution in [2.75, 3.05) is 31.6 Å². The van der Waals surface area contributed by atoms with Crippen molar-refractivity contribution < 1.29 is 22.7 Å². The van der Waals surface area contributed by atoms with Crippen molar-refractivity contribution in [3.05, 3.63) is 54.1 Å². The van der Waals surface area contributed by atoms with Crippen molar-refractivity contribution in [2.45, 2.75) is 23.8 Å². The van der Waals surface area contributed by atoms with Gasteiger partial charge in [0.1, 0.15) is 10.6 Å². The smallest absolute Gasteiger partial charge is 0.285 e. The number of anilines is 1. The molecule has 0 aliphatic carbocycles. The van der Waals surface area contributed by atoms with Crippen LogP contribution in [0.1, 0.15) is 18.4 Å². The number of nitrogens with one attached hydrogen (secondary N) is 1. The number of likely N-dealkylation sites (tertiary alicyclic amines) is 1. The lowest BCUT2D eigenvalue weighted by molar-refractivity contribution is -0.128. The number of para-hydroxylation sites is 2. The van der Waals surface area contributed by atoms with E-state index in [-0.39, 0.29) is 29.2 Å². The number of ether oxygens (including phenoxy) is 1. The third-order valence-corrected chi connectivity index (χ3v) is 7.59. The molecule has 5 rings (SSSR count). The highest BCUT2D eigenvalue weighted by atomic mass is 32.2. The zero-order valence-electron chi connectivity index (χ0n) is 18.1. The van der Waals surface area contributed by atoms with Gasteiger partial charge in [0.25, 0.3) is 15.9 Å². The Morgan fingerprint density at radius 1 is 1.09 bits per heavy atom. The monoisotopic (exact) mass is 468 g/mol. The van der Waals surface area contributed by atoms with E-state index in [1.165, 1.54) is 7.05 Å². The van der Waals surface area contributed by atoms with Crippen molar-refractivity contribution in [1.29, 1.82) is 0 Å². The van der Waals surface area contributed by atoms with Crippen molar-refractivity contribution >= 4 is 33.4 Å². The number of carbonyl (C=O) groups is 2. The standard InChI is InChI=1S/C23H24N4O5S/c1-24-22(28)19-14-27(17-9-3-4-10-18(17)32-19)23(29)15-7-6-12-26(13-15)21-16-8-2-5-11-20(16)33(30,31)25-21/h2-5,8-11,15,19H,6-7,12-14H2,1H3,(H,24,28)/t15-,19+/m0/s1. The third-order valence-electron chi connectivity index (χ3n) is 6.26. The van der Waals surface area contributed by atoms with Crippen molar-refractivity contribution in [3.8, 4) is 5.75 Å². The van der Waals surface area contributed by atoms with Gasteiger partial charge in [-0.3, -0.25) is 9.59 Å². The predicted molar refractivity (Wildman–Crippen MR) is 122 cm³/mol. The van der Waals surface area contributed by atoms with Crippen molar-refractivity contribution in [1.82, 2.24) is 10.2 Å². The maximum absolute atomic E-state index is 13.7. The van der Waals surface area contributed by atoms with E-state index in [1.807, 2.05) is 11.0 Å². The first-order valence-electron chi connectivity index (χ1n) is 10.9. The number of likely N-dealkylation sites (N-methyl/N-ethyl adjacent to an activating group) is 1. The normalized spacial score (nSPS) is 23.1. The minimum Gasteiger partial charge on any atom is -0.477 e. The number of nitrogens with zero attached hydrogens (tertiary/aromatic N) is 3. The molecule has 0 aromatic heterocycles. The van der Waals surface area contributed by atoms with Crippen LogP contribution in [-0.2, 0) is 19.6 Å². The number of benzene rings is 2. The molecule has 0 saturated carbocycles. The molecular weight excluding hydrogens is 444 g/mol. The van der Waals surface area contributed by atoms with Crippen molar-refractivity contribution in [2.24, 2.45) is 10.3 Å². The zero-order valence-corrected chi connectivity index (χ0v) is 18.9. The van der Waals surface area contributed by atoms with E-state index in [1.54, 1.807) is 47.4 Å². The minimum atomic E-state index is -3.73. The summed E-state index contributed by atoms with van der Waals surface area (Å²) in [6, 6.07) is 13.9. The van der Waals surface area contributed by atoms with E-state index in [9.17, 15) is 18.0 Å². The van der Waals surface area contributed by atoms with E-state index in [0.29, 0.717) is 42.3 Å². The Hall–Kier alpha value is -3.40. The third kappa shape index (κ3) is 3.74. The Labute approximate surface area is 192 Å². The highest BCUT2D eigenvalue weighted by Crippen LogP contribution is 2.36. The number of sulfonamides is 1. The molecule has 3 heterocycles. The molecule has 3 aliphatic heterocycles. The molecule has 9 nitrogen and oxygen atoms in total. The summed E-state index contributed by atoms with van der Waals surface area (Å²) in [6.07, 6.45) is 0.591. The maximum Gasteiger partial charge on any atom is 0.285 e. The fraction of sp³-hybridized carbons (Fsp3) is 0.348. The summed E-state index contributed by atoms with van der Waals surface area (Å²) in [5, 5.41) is 2.58. The SMILES string of the molecule is CNC(=O)[C@H]1CN(C(=O)[C@H]2CCCN(C3=NS(=O)(=O)c4ccccc43)C2)c2ccccc2O1. The first kappa shape index (κ1) is 21.4. The Bertz CT molecular complexity index is 1260. The Kier molecular flexibility index (Phi) is 5.32. The van der Waals surface area contributed by atoms with E-state index in [2.05, 4.69) is 9.71 Å². The predicted octanol–water partition coefficient (Wildman–Crippen LogP) is 1.39. The van der Waals surface area contributed by atoms with Gasteiger partial charge in [0, 0.05) is 25.7 Å². The van der Waals surface area contributed by atoms with Gasteiger partial charge in [0.2, 0.25) is 5.91 Å². The second kappa shape index (κ2) is 8.18. The van der Waals surface area contributed by atoms with Crippen LogP contribution in [0.5, 0.6) is 5.75 Å². The average molecular weight is 469 g/mol. The fourth-order valence-electron chi connectivity index (χ4n) is 4.65. The van der Waals surface area contributed by atoms with Crippen LogP contribution in [0.15, 0.2) is 57.8 Å². The van der Waals surface area contributed by atoms with Gasteiger partial charge in [-0.25, -0.2) is 0 Å². The quantitative estimate of drug-likeness (QED) is 0.714. The van der Waals surface area contributed by atoms with Crippen LogP contribution >= 0.6 is 0 Å². The number of piperidine rings is 1. The molecule has 10 heteroatoms. The second-order valence-electron chi connectivity index (χ2n) is 8.31. The highest BCUT2D eigenvalue weighted by molar-refractivity contribution is 7.90. The Morgan fingerprint density at radius 3 is 2.67 bits per heavy atom. The van der Waals surface area contributed by atoms with Crippen LogP contribution in [0.3, 0.4) is 0 Å². The van der Waals surface area contributed by atoms with E-state index >= 15 is 0 Å². The zero-order chi connectivity index (χ0) is 23.2. The van der Waals surface area contributed by atoms with Crippen LogP contribution in [-0.4, -0.2) is 63.8 Å². The van der Waals surface area contributed by atoms with E-state index in [0.717, 1.165) is 6.42 Å². The lowest BCUT2D eigenvalue weighted by Crippen LogP contribution is -2.53. The molecule has 2 atom stereocenters. The molecule has 0 spiro atoms. The van der Waals surface area contributed by atoms with Gasteiger partial charge in [-0.15, -0.1) is 4.40 Å². The first-order valence-corrected chi connectivity index (χ1v) is 12.3. The van der Waals surface area contributed by atoms with Gasteiger partial charge in [-0.05, 0) is 37.1 Å². The number of carbonyl (C=O) groups excluding carboxylic acids is 2. The molecule has 1 N–H and O–H groups in total. The average Bonchev–Trinajstić information content (AvgIpc) is 3.13. The molecule has 2 amide bonds. The number of hydrogen-bond acceptors (Lipinski definition) is 6. The lowest BCUT2D eigenvalue weighted by Gasteiger charge is -2.39. The van der Waals surface area contributed by atoms with Crippen molar-refractivity contribution in [3.63, 3.8) is 0 Å². The van der Waals surface area contributed by atoms with Crippen LogP contribution in [0.2, 0.25) is 0 Å². The van der Waals surface area contributed by atoms with Gasteiger partial charge in [-0.1, -0.05) is 24.3 Å². The number of fused-ring (bicyclic) bond motifs is 2. The molecule has 0 bridgehead atoms. The van der Waals surface area contributed by atoms with Gasteiger partial charge in [-0.2, -0.15) is 8.42 Å². The summed E-state index contributed by atoms with van der Waals surface area (Å²) < 4.78 is 34.8. The summed E-state index contributed by atoms with van der Waals surface area (Å²) in [4.78, 5) is 29.6. The molecule has 0 unspecified atom stereocenters. The Balaban J connectivity index is 1.41. The maximum atomic E-state index is 13.7. The summed E-state index contributed by atoms with van der Waals surface area (Å²) in [5.74, 6) is 0.106. The first-order chi connectivity index (χ1) is 15.9. The summed E-state index contributed by atoms with van der Waals surface area (Å²) in [7, 11) is -2.20. The molecule has 1 fully saturated rings. The van der Waals surface area contributed by atoms with Gasteiger partial charge in [0.05, 0.1) is 18.2 Å². The van der Waals surface area contributed by atoms with Gasteiger partial charge < -0.3 is 19.9 Å². The highest BCUT2D eigenvalue weighted by Gasteiger charge is 2.39. The molecule has 2 aromatic carbocycles. The molecule has 2 aromatic rings. The topological polar surface area (TPSA) is 108 Å². The number of amidine groups is 1. The molecule has 3 aliphatic rings. The Morgan fingerprint density at radius 2 is 1.85 bits per heavy atom. The number of hydrogen-bond donors (Lipinski definition) is 1. The van der Waals surface area contributed by atoms with Crippen LogP contribution < -0.4 is 15.0 Å². The largest absolute Gasteiger partial charge is 0.477 e. The van der Waals surface area contributed by atoms with Crippen LogP contribution in [0, 0.1) is 5.92 Å². The van der Waals surface area contributed by atoms with Gasteiger partial charge >= 0.3 is 0 Å². The molecular formula is C23H24N4O5S. The van der Waals surface area contributed by atoms with Gasteiger partial charge in [0.15, 0.2) is 11.9 Å². The summed E-state index contributed by atoms with van der Waals surface area (Å²) in [5.41, 5.74) is 1.20. The lowest BCUT2D eigenvalue weighted by atomic mass is 9.95. The fourth-order valence-corrected chi connectivity index (χ4v) is 5.88. The summed E-state index contributed by atoms with van der Waals surface area (Å²) >= 11 is 0. The molecule has 172 valence electrons. The minimum absolute atomic E-state index is 0.112. The van der Waals surface area contributed by atoms with Crippen LogP contribution in [0.25, 0.3) is 0 Å². The van der Waals surface area contributed by atoms with Crippen LogP contribution in [0.4, 0.5) is 5.69 Å². The number of rotatable bonds is 2. The summed E-state index contributed by atoms with van der Waals surface area (Å²) in [6.45, 7) is 1.09. The van der Waals surface area contributed by atoms with E-state index in [4.69, 9.17) is 4.74 Å². The number of amides is 2. The molecule has 33 heavy (non-hydrogen) atoms. The second-order valence-corrected chi connectivity index (χ2v) is 9.88. The molecule has 0 radical (unpaired) electrons. The van der Waals surface area contributed by atoms with E-state index < -0.39 is 16.1 Å².